The molecule has 0 radical (unpaired) electrons. The van der Waals surface area contributed by atoms with Crippen LogP contribution in [-0.2, 0) is 0 Å². The van der Waals surface area contributed by atoms with E-state index in [1.54, 1.807) is 0 Å². The van der Waals surface area contributed by atoms with Crippen molar-refractivity contribution in [2.45, 2.75) is 19.8 Å². The third-order valence-corrected chi connectivity index (χ3v) is 5.35. The number of nitrogens with one attached hydrogen (secondary N) is 1. The van der Waals surface area contributed by atoms with E-state index in [1.165, 1.54) is 0 Å². The van der Waals surface area contributed by atoms with Gasteiger partial charge in [-0.3, -0.25) is 4.79 Å². The number of nitrogens with zero attached hydrogens (tertiary/aromatic N) is 2. The fourth-order valence-electron chi connectivity index (χ4n) is 3.88. The first kappa shape index (κ1) is 17.3. The monoisotopic (exact) mass is 362 g/mol. The molecule has 0 unspecified atom stereocenters. The number of piperidine rings is 1. The largest absolute Gasteiger partial charge is 0.350 e. The zero-order chi connectivity index (χ0) is 19.0. The molecule has 138 valence electrons. The van der Waals surface area contributed by atoms with Gasteiger partial charge in [-0.1, -0.05) is 43.3 Å². The lowest BCUT2D eigenvalue weighted by Crippen LogP contribution is -2.38. The molecule has 1 fully saturated rings. The van der Waals surface area contributed by atoms with Crippen LogP contribution in [0.2, 0.25) is 0 Å². The zero-order valence-corrected chi connectivity index (χ0v) is 15.2. The molecule has 3 amide bonds. The van der Waals surface area contributed by atoms with Crippen LogP contribution in [0.3, 0.4) is 0 Å². The number of amides is 3. The zero-order valence-electron chi connectivity index (χ0n) is 15.2. The fourth-order valence-corrected chi connectivity index (χ4v) is 3.88. The summed E-state index contributed by atoms with van der Waals surface area (Å²) in [5.74, 6) is 0.715. The van der Waals surface area contributed by atoms with Crippen molar-refractivity contribution in [3.8, 4) is 11.1 Å². The van der Waals surface area contributed by atoms with E-state index in [4.69, 9.17) is 5.73 Å². The number of benzene rings is 2. The van der Waals surface area contributed by atoms with Crippen molar-refractivity contribution in [3.63, 3.8) is 0 Å². The molecule has 0 bridgehead atoms. The number of likely N-dealkylation sites (tertiary alicyclic amines) is 1. The maximum atomic E-state index is 13.2. The first-order chi connectivity index (χ1) is 13.1. The highest BCUT2D eigenvalue weighted by Gasteiger charge is 2.31. The van der Waals surface area contributed by atoms with Crippen LogP contribution in [0.25, 0.3) is 11.1 Å². The molecule has 1 aliphatic carbocycles. The smallest absolute Gasteiger partial charge is 0.332 e. The first-order valence-corrected chi connectivity index (χ1v) is 9.22. The molecule has 2 aromatic carbocycles. The molecular formula is C21H22N4O2. The van der Waals surface area contributed by atoms with Crippen LogP contribution < -0.4 is 11.2 Å². The number of rotatable bonds is 2. The van der Waals surface area contributed by atoms with Gasteiger partial charge in [0.2, 0.25) is 0 Å². The third-order valence-electron chi connectivity index (χ3n) is 5.35. The molecule has 27 heavy (non-hydrogen) atoms. The molecule has 2 aliphatic rings. The first-order valence-electron chi connectivity index (χ1n) is 9.22. The average molecular weight is 362 g/mol. The molecule has 3 N–H and O–H groups in total. The number of hydrazone groups is 1. The Labute approximate surface area is 158 Å². The number of fused-ring (bicyclic) bond motifs is 3. The number of carbonyl (C=O) groups excluding carboxylic acids is 2. The summed E-state index contributed by atoms with van der Waals surface area (Å²) in [5, 5.41) is 4.20. The number of urea groups is 1. The lowest BCUT2D eigenvalue weighted by molar-refractivity contribution is 0.0698. The van der Waals surface area contributed by atoms with Gasteiger partial charge < -0.3 is 10.6 Å². The summed E-state index contributed by atoms with van der Waals surface area (Å²) in [7, 11) is 0. The summed E-state index contributed by atoms with van der Waals surface area (Å²) in [6.07, 6.45) is 2.07. The Hall–Kier alpha value is -3.15. The summed E-state index contributed by atoms with van der Waals surface area (Å²) in [6, 6.07) is 12.7. The molecule has 4 rings (SSSR count). The molecule has 0 saturated carbocycles. The molecule has 0 aromatic heterocycles. The van der Waals surface area contributed by atoms with E-state index in [9.17, 15) is 9.59 Å². The van der Waals surface area contributed by atoms with Crippen molar-refractivity contribution in [1.82, 2.24) is 10.3 Å². The standard InChI is InChI=1S/C21H22N4O2/c1-13-9-11-25(12-10-13)20(26)17-8-4-7-16-18(17)14-5-2-3-6-15(14)19(16)23-24-21(22)27/h2-8,13H,9-12H2,1H3,(H3,22,24,27)/b23-19-. The lowest BCUT2D eigenvalue weighted by atomic mass is 9.95. The second-order valence-electron chi connectivity index (χ2n) is 7.18. The van der Waals surface area contributed by atoms with Crippen LogP contribution in [0, 0.1) is 5.92 Å². The highest BCUT2D eigenvalue weighted by atomic mass is 16.2. The van der Waals surface area contributed by atoms with Crippen LogP contribution in [0.5, 0.6) is 0 Å². The molecule has 0 spiro atoms. The summed E-state index contributed by atoms with van der Waals surface area (Å²) in [6.45, 7) is 3.80. The van der Waals surface area contributed by atoms with Crippen LogP contribution in [-0.4, -0.2) is 35.6 Å². The summed E-state index contributed by atoms with van der Waals surface area (Å²) >= 11 is 0. The van der Waals surface area contributed by atoms with Gasteiger partial charge in [0.05, 0.1) is 5.71 Å². The number of nitrogens with two attached hydrogens (primary N) is 1. The van der Waals surface area contributed by atoms with Gasteiger partial charge >= 0.3 is 6.03 Å². The van der Waals surface area contributed by atoms with Gasteiger partial charge in [-0.05, 0) is 30.4 Å². The average Bonchev–Trinajstić information content (AvgIpc) is 3.00. The van der Waals surface area contributed by atoms with Crippen LogP contribution in [0.4, 0.5) is 4.79 Å². The van der Waals surface area contributed by atoms with E-state index in [-0.39, 0.29) is 5.91 Å². The van der Waals surface area contributed by atoms with E-state index in [1.807, 2.05) is 47.4 Å². The second kappa shape index (κ2) is 6.87. The quantitative estimate of drug-likeness (QED) is 0.687. The Morgan fingerprint density at radius 3 is 2.41 bits per heavy atom. The number of primary amides is 1. The van der Waals surface area contributed by atoms with Crippen molar-refractivity contribution in [2.75, 3.05) is 13.1 Å². The minimum Gasteiger partial charge on any atom is -0.350 e. The number of hydrogen-bond donors (Lipinski definition) is 2. The van der Waals surface area contributed by atoms with E-state index in [0.29, 0.717) is 17.2 Å². The normalized spacial score (nSPS) is 17.5. The molecule has 1 aliphatic heterocycles. The minimum atomic E-state index is -0.719. The van der Waals surface area contributed by atoms with Gasteiger partial charge in [0.25, 0.3) is 5.91 Å². The molecule has 6 heteroatoms. The molecular weight excluding hydrogens is 340 g/mol. The molecule has 6 nitrogen and oxygen atoms in total. The van der Waals surface area contributed by atoms with Gasteiger partial charge in [-0.15, -0.1) is 0 Å². The summed E-state index contributed by atoms with van der Waals surface area (Å²) in [5.41, 5.74) is 12.3. The van der Waals surface area contributed by atoms with Crippen molar-refractivity contribution in [3.05, 3.63) is 59.2 Å². The second-order valence-corrected chi connectivity index (χ2v) is 7.18. The Morgan fingerprint density at radius 2 is 1.70 bits per heavy atom. The van der Waals surface area contributed by atoms with Crippen molar-refractivity contribution < 1.29 is 9.59 Å². The predicted octanol–water partition coefficient (Wildman–Crippen LogP) is 2.96. The van der Waals surface area contributed by atoms with Crippen LogP contribution >= 0.6 is 0 Å². The molecule has 2 aromatic rings. The fraction of sp³-hybridized carbons (Fsp3) is 0.286. The van der Waals surface area contributed by atoms with Gasteiger partial charge in [0.15, 0.2) is 0 Å². The summed E-state index contributed by atoms with van der Waals surface area (Å²) in [4.78, 5) is 26.3. The Bertz CT molecular complexity index is 943. The van der Waals surface area contributed by atoms with Gasteiger partial charge in [-0.2, -0.15) is 5.10 Å². The van der Waals surface area contributed by atoms with E-state index in [2.05, 4.69) is 17.5 Å². The van der Waals surface area contributed by atoms with E-state index >= 15 is 0 Å². The van der Waals surface area contributed by atoms with Crippen molar-refractivity contribution in [1.29, 1.82) is 0 Å². The number of carbonyl (C=O) groups is 2. The van der Waals surface area contributed by atoms with Gasteiger partial charge in [0, 0.05) is 35.3 Å². The SMILES string of the molecule is CC1CCN(C(=O)c2cccc3c2-c2ccccc2/C3=N/NC(N)=O)CC1. The van der Waals surface area contributed by atoms with Gasteiger partial charge in [0.1, 0.15) is 0 Å². The maximum absolute atomic E-state index is 13.2. The number of hydrogen-bond acceptors (Lipinski definition) is 3. The Kier molecular flexibility index (Phi) is 4.39. The van der Waals surface area contributed by atoms with E-state index in [0.717, 1.165) is 48.2 Å². The lowest BCUT2D eigenvalue weighted by Gasteiger charge is -2.30. The molecule has 1 saturated heterocycles. The molecule has 1 heterocycles. The summed E-state index contributed by atoms with van der Waals surface area (Å²) < 4.78 is 0. The molecule has 0 atom stereocenters. The van der Waals surface area contributed by atoms with Crippen molar-refractivity contribution >= 4 is 17.6 Å². The maximum Gasteiger partial charge on any atom is 0.332 e. The van der Waals surface area contributed by atoms with Crippen molar-refractivity contribution in [2.24, 2.45) is 16.8 Å². The third kappa shape index (κ3) is 3.07. The van der Waals surface area contributed by atoms with Gasteiger partial charge in [-0.25, -0.2) is 10.2 Å². The highest BCUT2D eigenvalue weighted by molar-refractivity contribution is 6.27. The topological polar surface area (TPSA) is 87.8 Å². The predicted molar refractivity (Wildman–Crippen MR) is 105 cm³/mol. The van der Waals surface area contributed by atoms with Crippen LogP contribution in [0.15, 0.2) is 47.6 Å². The van der Waals surface area contributed by atoms with E-state index < -0.39 is 6.03 Å². The Morgan fingerprint density at radius 1 is 1.04 bits per heavy atom. The minimum absolute atomic E-state index is 0.0534. The highest BCUT2D eigenvalue weighted by Crippen LogP contribution is 2.39. The van der Waals surface area contributed by atoms with Crippen LogP contribution in [0.1, 0.15) is 41.3 Å². The Balaban J connectivity index is 1.80.